The fourth-order valence-electron chi connectivity index (χ4n) is 2.15. The molecule has 0 aliphatic heterocycles. The van der Waals surface area contributed by atoms with Gasteiger partial charge < -0.3 is 15.2 Å². The molecule has 0 heterocycles. The highest BCUT2D eigenvalue weighted by atomic mass is 16.5. The summed E-state index contributed by atoms with van der Waals surface area (Å²) in [6.07, 6.45) is 3.74. The summed E-state index contributed by atoms with van der Waals surface area (Å²) in [5.74, 6) is 2.30. The molecule has 0 radical (unpaired) electrons. The van der Waals surface area contributed by atoms with E-state index in [-0.39, 0.29) is 6.04 Å². The Hall–Kier alpha value is -1.22. The van der Waals surface area contributed by atoms with Gasteiger partial charge in [-0.25, -0.2) is 0 Å². The van der Waals surface area contributed by atoms with Crippen LogP contribution in [0.5, 0.6) is 11.5 Å². The van der Waals surface area contributed by atoms with Gasteiger partial charge >= 0.3 is 0 Å². The lowest BCUT2D eigenvalue weighted by molar-refractivity contribution is 0.259. The Bertz CT molecular complexity index is 361. The molecule has 1 atom stereocenters. The van der Waals surface area contributed by atoms with Crippen LogP contribution in [0.15, 0.2) is 18.2 Å². The molecule has 3 heteroatoms. The maximum atomic E-state index is 6.26. The average molecular weight is 221 g/mol. The van der Waals surface area contributed by atoms with Crippen molar-refractivity contribution < 1.29 is 9.47 Å². The van der Waals surface area contributed by atoms with E-state index in [1.807, 2.05) is 18.2 Å². The van der Waals surface area contributed by atoms with Gasteiger partial charge in [0, 0.05) is 11.6 Å². The molecule has 1 aliphatic carbocycles. The fourth-order valence-corrected chi connectivity index (χ4v) is 2.15. The molecule has 2 rings (SSSR count). The summed E-state index contributed by atoms with van der Waals surface area (Å²) in [6, 6.07) is 5.88. The zero-order chi connectivity index (χ0) is 11.5. The number of benzene rings is 1. The normalized spacial score (nSPS) is 17.7. The van der Waals surface area contributed by atoms with Crippen LogP contribution >= 0.6 is 0 Å². The quantitative estimate of drug-likeness (QED) is 0.849. The molecule has 1 aromatic carbocycles. The highest BCUT2D eigenvalue weighted by Gasteiger charge is 2.27. The van der Waals surface area contributed by atoms with Crippen molar-refractivity contribution in [3.63, 3.8) is 0 Å². The standard InChI is InChI=1S/C13H19NO2/c1-15-10-6-7-12(16-2)11(8-10)13(14)9-4-3-5-9/h6-9,13H,3-5,14H2,1-2H3/t13-/m0/s1. The summed E-state index contributed by atoms with van der Waals surface area (Å²) < 4.78 is 10.6. The second kappa shape index (κ2) is 4.74. The van der Waals surface area contributed by atoms with Crippen LogP contribution in [0.25, 0.3) is 0 Å². The summed E-state index contributed by atoms with van der Waals surface area (Å²) in [5.41, 5.74) is 7.33. The molecule has 0 saturated heterocycles. The number of methoxy groups -OCH3 is 2. The minimum absolute atomic E-state index is 0.0683. The van der Waals surface area contributed by atoms with Gasteiger partial charge in [0.25, 0.3) is 0 Å². The molecule has 0 unspecified atom stereocenters. The molecule has 1 aliphatic rings. The first-order chi connectivity index (χ1) is 7.76. The van der Waals surface area contributed by atoms with Gasteiger partial charge in [-0.1, -0.05) is 6.42 Å². The Kier molecular flexibility index (Phi) is 3.34. The minimum atomic E-state index is 0.0683. The van der Waals surface area contributed by atoms with Crippen LogP contribution in [0.3, 0.4) is 0 Å². The molecular formula is C13H19NO2. The van der Waals surface area contributed by atoms with E-state index in [1.54, 1.807) is 14.2 Å². The highest BCUT2D eigenvalue weighted by molar-refractivity contribution is 5.42. The predicted molar refractivity (Wildman–Crippen MR) is 63.8 cm³/mol. The average Bonchev–Trinajstić information content (AvgIpc) is 2.25. The number of hydrogen-bond donors (Lipinski definition) is 1. The molecule has 16 heavy (non-hydrogen) atoms. The van der Waals surface area contributed by atoms with Crippen molar-refractivity contribution in [2.45, 2.75) is 25.3 Å². The van der Waals surface area contributed by atoms with E-state index in [2.05, 4.69) is 0 Å². The number of ether oxygens (including phenoxy) is 2. The molecule has 1 fully saturated rings. The Morgan fingerprint density at radius 2 is 2.00 bits per heavy atom. The smallest absolute Gasteiger partial charge is 0.123 e. The maximum Gasteiger partial charge on any atom is 0.123 e. The Morgan fingerprint density at radius 3 is 2.50 bits per heavy atom. The third-order valence-electron chi connectivity index (χ3n) is 3.45. The van der Waals surface area contributed by atoms with E-state index in [0.29, 0.717) is 5.92 Å². The van der Waals surface area contributed by atoms with E-state index in [1.165, 1.54) is 19.3 Å². The van der Waals surface area contributed by atoms with Crippen LogP contribution in [-0.4, -0.2) is 14.2 Å². The zero-order valence-corrected chi connectivity index (χ0v) is 9.90. The first kappa shape index (κ1) is 11.3. The Morgan fingerprint density at radius 1 is 1.25 bits per heavy atom. The summed E-state index contributed by atoms with van der Waals surface area (Å²) >= 11 is 0. The summed E-state index contributed by atoms with van der Waals surface area (Å²) in [6.45, 7) is 0. The van der Waals surface area contributed by atoms with Crippen LogP contribution in [0, 0.1) is 5.92 Å². The van der Waals surface area contributed by atoms with Crippen LogP contribution in [0.4, 0.5) is 0 Å². The third-order valence-corrected chi connectivity index (χ3v) is 3.45. The maximum absolute atomic E-state index is 6.26. The van der Waals surface area contributed by atoms with Gasteiger partial charge in [0.05, 0.1) is 14.2 Å². The second-order valence-electron chi connectivity index (χ2n) is 4.32. The number of nitrogens with two attached hydrogens (primary N) is 1. The summed E-state index contributed by atoms with van der Waals surface area (Å²) in [5, 5.41) is 0. The lowest BCUT2D eigenvalue weighted by atomic mass is 9.77. The summed E-state index contributed by atoms with van der Waals surface area (Å²) in [4.78, 5) is 0. The first-order valence-corrected chi connectivity index (χ1v) is 5.73. The van der Waals surface area contributed by atoms with Gasteiger partial charge in [-0.3, -0.25) is 0 Å². The van der Waals surface area contributed by atoms with E-state index in [0.717, 1.165) is 17.1 Å². The molecule has 1 aromatic rings. The Balaban J connectivity index is 2.27. The Labute approximate surface area is 96.5 Å². The number of hydrogen-bond acceptors (Lipinski definition) is 3. The van der Waals surface area contributed by atoms with E-state index in [4.69, 9.17) is 15.2 Å². The van der Waals surface area contributed by atoms with Gasteiger partial charge in [-0.05, 0) is 37.0 Å². The van der Waals surface area contributed by atoms with E-state index in [9.17, 15) is 0 Å². The molecule has 88 valence electrons. The van der Waals surface area contributed by atoms with Crippen molar-refractivity contribution in [1.29, 1.82) is 0 Å². The molecule has 1 saturated carbocycles. The van der Waals surface area contributed by atoms with Gasteiger partial charge in [-0.2, -0.15) is 0 Å². The van der Waals surface area contributed by atoms with Gasteiger partial charge in [0.2, 0.25) is 0 Å². The van der Waals surface area contributed by atoms with Crippen molar-refractivity contribution in [2.75, 3.05) is 14.2 Å². The van der Waals surface area contributed by atoms with Crippen molar-refractivity contribution >= 4 is 0 Å². The van der Waals surface area contributed by atoms with Crippen LogP contribution in [0.1, 0.15) is 30.9 Å². The first-order valence-electron chi connectivity index (χ1n) is 5.73. The lowest BCUT2D eigenvalue weighted by Gasteiger charge is -2.32. The fraction of sp³-hybridized carbons (Fsp3) is 0.538. The van der Waals surface area contributed by atoms with Gasteiger partial charge in [0.15, 0.2) is 0 Å². The van der Waals surface area contributed by atoms with Crippen LogP contribution < -0.4 is 15.2 Å². The molecule has 0 aromatic heterocycles. The summed E-state index contributed by atoms with van der Waals surface area (Å²) in [7, 11) is 3.35. The topological polar surface area (TPSA) is 44.5 Å². The van der Waals surface area contributed by atoms with Crippen LogP contribution in [-0.2, 0) is 0 Å². The van der Waals surface area contributed by atoms with E-state index >= 15 is 0 Å². The molecule has 2 N–H and O–H groups in total. The molecule has 0 bridgehead atoms. The molecule has 0 amide bonds. The largest absolute Gasteiger partial charge is 0.497 e. The monoisotopic (exact) mass is 221 g/mol. The van der Waals surface area contributed by atoms with Gasteiger partial charge in [-0.15, -0.1) is 0 Å². The molecule has 3 nitrogen and oxygen atoms in total. The van der Waals surface area contributed by atoms with Crippen molar-refractivity contribution in [2.24, 2.45) is 11.7 Å². The van der Waals surface area contributed by atoms with Crippen molar-refractivity contribution in [3.05, 3.63) is 23.8 Å². The zero-order valence-electron chi connectivity index (χ0n) is 9.90. The predicted octanol–water partition coefficient (Wildman–Crippen LogP) is 2.50. The SMILES string of the molecule is COc1ccc(OC)c([C@@H](N)C2CCC2)c1. The highest BCUT2D eigenvalue weighted by Crippen LogP contribution is 2.40. The minimum Gasteiger partial charge on any atom is -0.497 e. The van der Waals surface area contributed by atoms with E-state index < -0.39 is 0 Å². The van der Waals surface area contributed by atoms with Crippen molar-refractivity contribution in [1.82, 2.24) is 0 Å². The second-order valence-corrected chi connectivity index (χ2v) is 4.32. The van der Waals surface area contributed by atoms with Crippen LogP contribution in [0.2, 0.25) is 0 Å². The lowest BCUT2D eigenvalue weighted by Crippen LogP contribution is -2.27. The van der Waals surface area contributed by atoms with Crippen molar-refractivity contribution in [3.8, 4) is 11.5 Å². The third kappa shape index (κ3) is 2.00. The molecule has 0 spiro atoms. The van der Waals surface area contributed by atoms with Gasteiger partial charge in [0.1, 0.15) is 11.5 Å². The molecular weight excluding hydrogens is 202 g/mol. The number of rotatable bonds is 4.